The van der Waals surface area contributed by atoms with Gasteiger partial charge in [-0.15, -0.1) is 0 Å². The van der Waals surface area contributed by atoms with Gasteiger partial charge in [-0.2, -0.15) is 0 Å². The first-order chi connectivity index (χ1) is 12.9. The molecule has 0 saturated carbocycles. The third-order valence-corrected chi connectivity index (χ3v) is 5.63. The molecule has 0 radical (unpaired) electrons. The number of rotatable bonds is 0. The van der Waals surface area contributed by atoms with Crippen molar-refractivity contribution in [1.29, 1.82) is 0 Å². The van der Waals surface area contributed by atoms with Crippen molar-refractivity contribution >= 4 is 40.5 Å². The van der Waals surface area contributed by atoms with Gasteiger partial charge in [0, 0.05) is 16.9 Å². The van der Waals surface area contributed by atoms with E-state index in [1.807, 2.05) is 0 Å². The molecule has 1 nitrogen and oxygen atoms in total. The van der Waals surface area contributed by atoms with E-state index in [9.17, 15) is 0 Å². The van der Waals surface area contributed by atoms with Gasteiger partial charge in [0.1, 0.15) is 0 Å². The number of hydrogen-bond donors (Lipinski definition) is 0. The van der Waals surface area contributed by atoms with Gasteiger partial charge >= 0.3 is 6.85 Å². The van der Waals surface area contributed by atoms with Crippen molar-refractivity contribution in [3.8, 4) is 11.1 Å². The highest BCUT2D eigenvalue weighted by Crippen LogP contribution is 2.44. The van der Waals surface area contributed by atoms with Crippen LogP contribution in [0.25, 0.3) is 28.0 Å². The molecule has 0 spiro atoms. The van der Waals surface area contributed by atoms with Crippen LogP contribution < -0.4 is 10.3 Å². The molecular weight excluding hydrogens is 313 g/mol. The Labute approximate surface area is 153 Å². The van der Waals surface area contributed by atoms with E-state index in [0.717, 1.165) is 0 Å². The molecule has 2 aliphatic rings. The summed E-state index contributed by atoms with van der Waals surface area (Å²) in [6.07, 6.45) is 2.26. The van der Waals surface area contributed by atoms with Gasteiger partial charge in [-0.3, -0.25) is 0 Å². The number of fused-ring (bicyclic) bond motifs is 9. The molecule has 0 amide bonds. The average molecular weight is 329 g/mol. The Morgan fingerprint density at radius 1 is 0.615 bits per heavy atom. The first-order valence-corrected chi connectivity index (χ1v) is 9.09. The predicted octanol–water partition coefficient (Wildman–Crippen LogP) is 5.42. The van der Waals surface area contributed by atoms with Crippen LogP contribution in [-0.2, 0) is 0 Å². The van der Waals surface area contributed by atoms with Crippen molar-refractivity contribution in [2.75, 3.05) is 4.81 Å². The predicted molar refractivity (Wildman–Crippen MR) is 112 cm³/mol. The maximum Gasteiger partial charge on any atom is 0.321 e. The molecule has 4 aromatic carbocycles. The van der Waals surface area contributed by atoms with Gasteiger partial charge < -0.3 is 4.81 Å². The van der Waals surface area contributed by atoms with Crippen LogP contribution in [0.5, 0.6) is 0 Å². The molecule has 6 rings (SSSR count). The number of anilines is 2. The SMILES string of the molecule is C1=Cc2ccccc2N2B1c1ccccc1-c1cc3ccccc3cc12. The Morgan fingerprint density at radius 3 is 2.27 bits per heavy atom. The highest BCUT2D eigenvalue weighted by molar-refractivity contribution is 6.85. The molecule has 4 aromatic rings. The molecule has 0 fully saturated rings. The zero-order valence-corrected chi connectivity index (χ0v) is 14.3. The van der Waals surface area contributed by atoms with Crippen LogP contribution in [-0.4, -0.2) is 6.85 Å². The summed E-state index contributed by atoms with van der Waals surface area (Å²) in [5, 5.41) is 2.58. The number of benzene rings is 4. The molecular formula is C24H16BN. The van der Waals surface area contributed by atoms with Crippen LogP contribution in [0.1, 0.15) is 5.56 Å². The van der Waals surface area contributed by atoms with Crippen molar-refractivity contribution in [3.05, 3.63) is 96.5 Å². The average Bonchev–Trinajstić information content (AvgIpc) is 2.72. The quantitative estimate of drug-likeness (QED) is 0.389. The van der Waals surface area contributed by atoms with E-state index in [0.29, 0.717) is 0 Å². The largest absolute Gasteiger partial charge is 0.376 e. The Kier molecular flexibility index (Phi) is 2.75. The number of nitrogens with zero attached hydrogens (tertiary/aromatic N) is 1. The van der Waals surface area contributed by atoms with Crippen LogP contribution in [0.2, 0.25) is 0 Å². The van der Waals surface area contributed by atoms with Gasteiger partial charge in [-0.1, -0.05) is 78.8 Å². The second-order valence-corrected chi connectivity index (χ2v) is 7.04. The van der Waals surface area contributed by atoms with Gasteiger partial charge in [0.15, 0.2) is 0 Å². The minimum absolute atomic E-state index is 0.245. The molecule has 2 heterocycles. The van der Waals surface area contributed by atoms with E-state index in [-0.39, 0.29) is 6.85 Å². The summed E-state index contributed by atoms with van der Waals surface area (Å²) in [6, 6.07) is 30.8. The van der Waals surface area contributed by atoms with Crippen LogP contribution in [0.15, 0.2) is 90.9 Å². The summed E-state index contributed by atoms with van der Waals surface area (Å²) >= 11 is 0. The number of hydrogen-bond acceptors (Lipinski definition) is 1. The van der Waals surface area contributed by atoms with Crippen molar-refractivity contribution in [3.63, 3.8) is 0 Å². The molecule has 2 heteroatoms. The Morgan fingerprint density at radius 2 is 1.35 bits per heavy atom. The molecule has 0 bridgehead atoms. The molecule has 2 aliphatic heterocycles. The third kappa shape index (κ3) is 1.82. The summed E-state index contributed by atoms with van der Waals surface area (Å²) in [7, 11) is 0. The standard InChI is InChI=1S/C24H16BN/c1-2-9-19-16-24-21(15-18(19)8-1)20-10-4-5-11-22(20)25-14-13-17-7-3-6-12-23(17)26(24)25/h1-16H. The molecule has 0 atom stereocenters. The lowest BCUT2D eigenvalue weighted by molar-refractivity contribution is 1.35. The molecule has 0 saturated heterocycles. The van der Waals surface area contributed by atoms with Crippen molar-refractivity contribution < 1.29 is 0 Å². The lowest BCUT2D eigenvalue weighted by atomic mass is 9.48. The van der Waals surface area contributed by atoms with E-state index >= 15 is 0 Å². The first-order valence-electron chi connectivity index (χ1n) is 9.09. The van der Waals surface area contributed by atoms with Gasteiger partial charge in [0.25, 0.3) is 0 Å². The first kappa shape index (κ1) is 14.0. The van der Waals surface area contributed by atoms with Crippen LogP contribution in [0.4, 0.5) is 11.4 Å². The molecule has 0 aromatic heterocycles. The lowest BCUT2D eigenvalue weighted by Gasteiger charge is -2.40. The van der Waals surface area contributed by atoms with E-state index < -0.39 is 0 Å². The maximum atomic E-state index is 2.50. The molecule has 0 aliphatic carbocycles. The lowest BCUT2D eigenvalue weighted by Crippen LogP contribution is -2.49. The van der Waals surface area contributed by atoms with Crippen LogP contribution in [0, 0.1) is 0 Å². The topological polar surface area (TPSA) is 3.24 Å². The van der Waals surface area contributed by atoms with Gasteiger partial charge in [-0.05, 0) is 45.6 Å². The fourth-order valence-electron chi connectivity index (χ4n) is 4.44. The van der Waals surface area contributed by atoms with E-state index in [1.165, 1.54) is 44.3 Å². The second kappa shape index (κ2) is 5.12. The highest BCUT2D eigenvalue weighted by atomic mass is 15.1. The summed E-state index contributed by atoms with van der Waals surface area (Å²) in [5.74, 6) is 2.33. The van der Waals surface area contributed by atoms with Crippen LogP contribution >= 0.6 is 0 Å². The van der Waals surface area contributed by atoms with Gasteiger partial charge in [-0.25, -0.2) is 0 Å². The fourth-order valence-corrected chi connectivity index (χ4v) is 4.44. The zero-order valence-electron chi connectivity index (χ0n) is 14.3. The van der Waals surface area contributed by atoms with Gasteiger partial charge in [0.2, 0.25) is 0 Å². The third-order valence-electron chi connectivity index (χ3n) is 5.63. The summed E-state index contributed by atoms with van der Waals surface area (Å²) in [5.41, 5.74) is 7.90. The van der Waals surface area contributed by atoms with E-state index in [4.69, 9.17) is 0 Å². The van der Waals surface area contributed by atoms with Crippen molar-refractivity contribution in [1.82, 2.24) is 0 Å². The second-order valence-electron chi connectivity index (χ2n) is 7.04. The minimum Gasteiger partial charge on any atom is -0.376 e. The molecule has 26 heavy (non-hydrogen) atoms. The number of para-hydroxylation sites is 1. The normalized spacial score (nSPS) is 13.8. The molecule has 0 N–H and O–H groups in total. The summed E-state index contributed by atoms with van der Waals surface area (Å²) in [6.45, 7) is 0.245. The monoisotopic (exact) mass is 329 g/mol. The summed E-state index contributed by atoms with van der Waals surface area (Å²) in [4.78, 5) is 2.50. The smallest absolute Gasteiger partial charge is 0.321 e. The highest BCUT2D eigenvalue weighted by Gasteiger charge is 2.36. The maximum absolute atomic E-state index is 2.50. The minimum atomic E-state index is 0.245. The fraction of sp³-hybridized carbons (Fsp3) is 0. The summed E-state index contributed by atoms with van der Waals surface area (Å²) < 4.78 is 0. The van der Waals surface area contributed by atoms with Crippen molar-refractivity contribution in [2.24, 2.45) is 0 Å². The van der Waals surface area contributed by atoms with Gasteiger partial charge in [0.05, 0.1) is 0 Å². The van der Waals surface area contributed by atoms with Crippen LogP contribution in [0.3, 0.4) is 0 Å². The Bertz CT molecular complexity index is 1210. The Hall–Kier alpha value is -3.26. The Balaban J connectivity index is 1.74. The zero-order chi connectivity index (χ0) is 17.1. The van der Waals surface area contributed by atoms with E-state index in [2.05, 4.69) is 102 Å². The molecule has 0 unspecified atom stereocenters. The van der Waals surface area contributed by atoms with Crippen molar-refractivity contribution in [2.45, 2.75) is 0 Å². The van der Waals surface area contributed by atoms with E-state index in [1.54, 1.807) is 0 Å². The molecule has 120 valence electrons.